The molecule has 37 heavy (non-hydrogen) atoms. The molecular formula is C30H37NO3S2Si. The molecule has 0 bridgehead atoms. The number of hydrogen-bond donors (Lipinski definition) is 0. The van der Waals surface area contributed by atoms with Crippen molar-refractivity contribution in [1.29, 1.82) is 0 Å². The van der Waals surface area contributed by atoms with E-state index in [4.69, 9.17) is 0 Å². The van der Waals surface area contributed by atoms with Gasteiger partial charge in [-0.05, 0) is 21.7 Å². The summed E-state index contributed by atoms with van der Waals surface area (Å²) in [4.78, 5) is 13.7. The van der Waals surface area contributed by atoms with E-state index in [1.54, 1.807) is 11.8 Å². The topological polar surface area (TPSA) is 54.5 Å². The molecule has 1 fully saturated rings. The minimum Gasteiger partial charge on any atom is -0.357 e. The number of sulfone groups is 1. The predicted octanol–water partition coefficient (Wildman–Crippen LogP) is 6.55. The Balaban J connectivity index is 1.96. The third-order valence-electron chi connectivity index (χ3n) is 7.91. The van der Waals surface area contributed by atoms with Crippen LogP contribution in [-0.2, 0) is 19.4 Å². The summed E-state index contributed by atoms with van der Waals surface area (Å²) < 4.78 is 26.4. The number of nitrogens with zero attached hydrogens (tertiary/aromatic N) is 1. The first-order chi connectivity index (χ1) is 17.3. The van der Waals surface area contributed by atoms with Gasteiger partial charge in [0, 0.05) is 6.26 Å². The first-order valence-electron chi connectivity index (χ1n) is 12.6. The Labute approximate surface area is 227 Å². The van der Waals surface area contributed by atoms with Gasteiger partial charge in [0.2, 0.25) is 5.91 Å². The lowest BCUT2D eigenvalue weighted by Crippen LogP contribution is -2.73. The molecule has 4 nitrogen and oxygen atoms in total. The van der Waals surface area contributed by atoms with E-state index in [1.165, 1.54) is 6.26 Å². The van der Waals surface area contributed by atoms with E-state index in [1.807, 2.05) is 54.6 Å². The van der Waals surface area contributed by atoms with E-state index in [9.17, 15) is 13.2 Å². The van der Waals surface area contributed by atoms with E-state index >= 15 is 0 Å². The van der Waals surface area contributed by atoms with Gasteiger partial charge in [-0.25, -0.2) is 8.42 Å². The van der Waals surface area contributed by atoms with Gasteiger partial charge in [0.25, 0.3) is 0 Å². The van der Waals surface area contributed by atoms with E-state index in [0.717, 1.165) is 16.7 Å². The van der Waals surface area contributed by atoms with Crippen molar-refractivity contribution in [2.75, 3.05) is 12.0 Å². The van der Waals surface area contributed by atoms with Gasteiger partial charge in [0.1, 0.15) is 9.84 Å². The van der Waals surface area contributed by atoms with E-state index in [2.05, 4.69) is 74.8 Å². The number of β-lactam (4-membered cyclic amide) rings is 1. The Morgan fingerprint density at radius 3 is 1.49 bits per heavy atom. The van der Waals surface area contributed by atoms with Crippen LogP contribution in [0.2, 0.25) is 18.1 Å². The van der Waals surface area contributed by atoms with Crippen LogP contribution < -0.4 is 0 Å². The summed E-state index contributed by atoms with van der Waals surface area (Å²) in [5.74, 6) is -0.745. The second-order valence-corrected chi connectivity index (χ2v) is 20.1. The van der Waals surface area contributed by atoms with Gasteiger partial charge in [0.05, 0.1) is 21.8 Å². The standard InChI is InChI=1S/C30H37NO3S2Si/c1-29(2,3)37(5,6)31-27(32)26(22-36(4,33)34)28(31)35-30(23-16-10-7-11-17-23,24-18-12-8-13-19-24)25-20-14-9-15-21-25/h7-21,26,28H,22H2,1-6H3/t26-,28+/m1/s1. The highest BCUT2D eigenvalue weighted by Gasteiger charge is 2.60. The number of amides is 1. The zero-order valence-electron chi connectivity index (χ0n) is 22.5. The highest BCUT2D eigenvalue weighted by atomic mass is 32.2. The van der Waals surface area contributed by atoms with Crippen LogP contribution in [0.4, 0.5) is 0 Å². The lowest BCUT2D eigenvalue weighted by molar-refractivity contribution is -0.142. The molecule has 7 heteroatoms. The zero-order valence-corrected chi connectivity index (χ0v) is 25.1. The molecule has 0 unspecified atom stereocenters. The second-order valence-electron chi connectivity index (χ2n) is 11.5. The van der Waals surface area contributed by atoms with Crippen molar-refractivity contribution in [2.24, 2.45) is 5.92 Å². The Hall–Kier alpha value is -2.35. The molecule has 0 N–H and O–H groups in total. The largest absolute Gasteiger partial charge is 0.357 e. The number of rotatable bonds is 8. The van der Waals surface area contributed by atoms with Crippen LogP contribution in [0.25, 0.3) is 0 Å². The number of thioether (sulfide) groups is 1. The smallest absolute Gasteiger partial charge is 0.222 e. The monoisotopic (exact) mass is 551 g/mol. The SMILES string of the molecule is CC(C)(C)[Si](C)(C)N1C(=O)[C@@H](CS(C)(=O)=O)[C@@H]1SC(c1ccccc1)(c1ccccc1)c1ccccc1. The highest BCUT2D eigenvalue weighted by molar-refractivity contribution is 8.01. The number of benzene rings is 3. The van der Waals surface area contributed by atoms with Gasteiger partial charge in [-0.3, -0.25) is 4.79 Å². The fourth-order valence-electron chi connectivity index (χ4n) is 5.00. The Morgan fingerprint density at radius 1 is 0.784 bits per heavy atom. The van der Waals surface area contributed by atoms with E-state index in [-0.39, 0.29) is 22.1 Å². The van der Waals surface area contributed by atoms with Crippen LogP contribution in [0.3, 0.4) is 0 Å². The summed E-state index contributed by atoms with van der Waals surface area (Å²) in [6, 6.07) is 31.1. The van der Waals surface area contributed by atoms with Crippen molar-refractivity contribution >= 4 is 35.7 Å². The van der Waals surface area contributed by atoms with Gasteiger partial charge >= 0.3 is 0 Å². The van der Waals surface area contributed by atoms with Crippen molar-refractivity contribution < 1.29 is 13.2 Å². The summed E-state index contributed by atoms with van der Waals surface area (Å²) in [5, 5.41) is -0.351. The Morgan fingerprint density at radius 2 is 1.16 bits per heavy atom. The first-order valence-corrected chi connectivity index (χ1v) is 18.5. The van der Waals surface area contributed by atoms with Crippen LogP contribution >= 0.6 is 11.8 Å². The maximum absolute atomic E-state index is 13.7. The van der Waals surface area contributed by atoms with Gasteiger partial charge in [0.15, 0.2) is 8.24 Å². The molecule has 3 aromatic carbocycles. The van der Waals surface area contributed by atoms with Crippen molar-refractivity contribution in [3.05, 3.63) is 108 Å². The average molecular weight is 552 g/mol. The zero-order chi connectivity index (χ0) is 27.1. The van der Waals surface area contributed by atoms with Gasteiger partial charge in [-0.15, -0.1) is 11.8 Å². The molecule has 4 rings (SSSR count). The third kappa shape index (κ3) is 5.18. The van der Waals surface area contributed by atoms with Crippen LogP contribution in [0.1, 0.15) is 37.5 Å². The van der Waals surface area contributed by atoms with Crippen LogP contribution in [0.15, 0.2) is 91.0 Å². The Bertz CT molecular complexity index is 1240. The fourth-order valence-corrected chi connectivity index (χ4v) is 11.1. The van der Waals surface area contributed by atoms with Crippen LogP contribution in [-0.4, -0.2) is 44.5 Å². The van der Waals surface area contributed by atoms with E-state index < -0.39 is 28.7 Å². The molecule has 1 saturated heterocycles. The summed E-state index contributed by atoms with van der Waals surface area (Å²) in [7, 11) is -5.65. The summed E-state index contributed by atoms with van der Waals surface area (Å²) in [6.07, 6.45) is 1.23. The molecular weight excluding hydrogens is 515 g/mol. The minimum absolute atomic E-state index is 0.0300. The Kier molecular flexibility index (Phi) is 7.54. The predicted molar refractivity (Wildman–Crippen MR) is 158 cm³/mol. The van der Waals surface area contributed by atoms with E-state index in [0.29, 0.717) is 0 Å². The molecule has 0 spiro atoms. The molecule has 2 atom stereocenters. The maximum Gasteiger partial charge on any atom is 0.222 e. The summed E-state index contributed by atoms with van der Waals surface area (Å²) >= 11 is 1.72. The molecule has 3 aromatic rings. The van der Waals surface area contributed by atoms with Crippen LogP contribution in [0.5, 0.6) is 0 Å². The molecule has 0 saturated carbocycles. The second kappa shape index (κ2) is 10.1. The van der Waals surface area contributed by atoms with Gasteiger partial charge in [-0.1, -0.05) is 125 Å². The summed E-state index contributed by atoms with van der Waals surface area (Å²) in [6.45, 7) is 11.0. The number of hydrogen-bond acceptors (Lipinski definition) is 4. The quantitative estimate of drug-likeness (QED) is 0.181. The van der Waals surface area contributed by atoms with Crippen molar-refractivity contribution in [2.45, 2.75) is 49.0 Å². The fraction of sp³-hybridized carbons (Fsp3) is 0.367. The van der Waals surface area contributed by atoms with Crippen molar-refractivity contribution in [3.63, 3.8) is 0 Å². The molecule has 1 amide bonds. The lowest BCUT2D eigenvalue weighted by atomic mass is 9.84. The normalized spacial score (nSPS) is 19.0. The molecule has 196 valence electrons. The molecule has 1 heterocycles. The number of carbonyl (C=O) groups excluding carboxylic acids is 1. The molecule has 0 radical (unpaired) electrons. The minimum atomic E-state index is -3.35. The van der Waals surface area contributed by atoms with Gasteiger partial charge < -0.3 is 4.57 Å². The summed E-state index contributed by atoms with van der Waals surface area (Å²) in [5.41, 5.74) is 3.31. The average Bonchev–Trinajstić information content (AvgIpc) is 2.85. The highest BCUT2D eigenvalue weighted by Crippen LogP contribution is 2.57. The first kappa shape index (κ1) is 27.7. The van der Waals surface area contributed by atoms with Crippen molar-refractivity contribution in [3.8, 4) is 0 Å². The molecule has 1 aliphatic rings. The molecule has 0 aromatic heterocycles. The number of carbonyl (C=O) groups is 1. The molecule has 1 aliphatic heterocycles. The lowest BCUT2D eigenvalue weighted by Gasteiger charge is -2.59. The third-order valence-corrected chi connectivity index (χ3v) is 16.3. The maximum atomic E-state index is 13.7. The van der Waals surface area contributed by atoms with Crippen molar-refractivity contribution in [1.82, 2.24) is 4.57 Å². The molecule has 0 aliphatic carbocycles. The van der Waals surface area contributed by atoms with Gasteiger partial charge in [-0.2, -0.15) is 0 Å². The van der Waals surface area contributed by atoms with Crippen LogP contribution in [0, 0.1) is 5.92 Å².